The van der Waals surface area contributed by atoms with Crippen molar-refractivity contribution in [3.63, 3.8) is 0 Å². The van der Waals surface area contributed by atoms with Crippen molar-refractivity contribution in [1.29, 1.82) is 0 Å². The van der Waals surface area contributed by atoms with E-state index in [1.54, 1.807) is 0 Å². The van der Waals surface area contributed by atoms with Crippen molar-refractivity contribution in [3.8, 4) is 0 Å². The second-order valence-corrected chi connectivity index (χ2v) is 8.93. The molecule has 128 valence electrons. The second kappa shape index (κ2) is 5.32. The highest BCUT2D eigenvalue weighted by Crippen LogP contribution is 2.52. The monoisotopic (exact) mass is 345 g/mol. The van der Waals surface area contributed by atoms with Crippen LogP contribution < -0.4 is 4.90 Å². The molecule has 0 unspecified atom stereocenters. The lowest BCUT2D eigenvalue weighted by atomic mass is 9.55. The van der Waals surface area contributed by atoms with Crippen LogP contribution in [0.1, 0.15) is 51.5 Å². The largest absolute Gasteiger partial charge is 0.367 e. The Hall–Kier alpha value is -1.35. The van der Waals surface area contributed by atoms with E-state index in [1.807, 2.05) is 32.0 Å². The van der Waals surface area contributed by atoms with E-state index in [1.165, 1.54) is 0 Å². The van der Waals surface area contributed by atoms with Gasteiger partial charge in [0.25, 0.3) is 0 Å². The zero-order valence-electron chi connectivity index (χ0n) is 14.4. The lowest BCUT2D eigenvalue weighted by molar-refractivity contribution is -0.150. The minimum absolute atomic E-state index is 0.00770. The number of carbonyl (C=O) groups excluding carboxylic acids is 2. The molecule has 1 aromatic rings. The number of Topliss-reactive ketones (excluding diaryl/α,β-unsaturated/α-hetero) is 2. The first-order chi connectivity index (χ1) is 11.3. The predicted octanol–water partition coefficient (Wildman–Crippen LogP) is 4.20. The Morgan fingerprint density at radius 3 is 2.50 bits per heavy atom. The maximum atomic E-state index is 13.3. The zero-order valence-corrected chi connectivity index (χ0v) is 15.2. The topological polar surface area (TPSA) is 37.4 Å². The molecule has 1 atom stereocenters. The third kappa shape index (κ3) is 2.24. The number of ketones is 2. The summed E-state index contributed by atoms with van der Waals surface area (Å²) in [7, 11) is 0. The quantitative estimate of drug-likeness (QED) is 0.661. The van der Waals surface area contributed by atoms with Gasteiger partial charge in [0.15, 0.2) is 0 Å². The fourth-order valence-corrected chi connectivity index (χ4v) is 5.24. The first-order valence-electron chi connectivity index (χ1n) is 8.95. The van der Waals surface area contributed by atoms with Crippen LogP contribution in [-0.4, -0.2) is 24.2 Å². The van der Waals surface area contributed by atoms with Gasteiger partial charge in [-0.2, -0.15) is 0 Å². The number of halogens is 1. The first kappa shape index (κ1) is 16.1. The van der Waals surface area contributed by atoms with E-state index in [0.717, 1.165) is 42.1 Å². The molecule has 2 heterocycles. The van der Waals surface area contributed by atoms with E-state index in [2.05, 4.69) is 4.90 Å². The molecule has 0 amide bonds. The number of hydrogen-bond acceptors (Lipinski definition) is 3. The lowest BCUT2D eigenvalue weighted by Gasteiger charge is -2.54. The highest BCUT2D eigenvalue weighted by molar-refractivity contribution is 6.31. The molecule has 0 radical (unpaired) electrons. The Kier molecular flexibility index (Phi) is 3.58. The molecule has 1 aromatic carbocycles. The average molecular weight is 346 g/mol. The summed E-state index contributed by atoms with van der Waals surface area (Å²) in [5, 5.41) is 0.719. The molecule has 0 aromatic heterocycles. The Balaban J connectivity index is 1.86. The van der Waals surface area contributed by atoms with Crippen molar-refractivity contribution in [1.82, 2.24) is 0 Å². The van der Waals surface area contributed by atoms with Crippen molar-refractivity contribution >= 4 is 28.9 Å². The van der Waals surface area contributed by atoms with Crippen LogP contribution in [0.15, 0.2) is 18.2 Å². The normalized spacial score (nSPS) is 27.8. The van der Waals surface area contributed by atoms with Gasteiger partial charge in [0, 0.05) is 36.1 Å². The molecule has 3 aliphatic rings. The fourth-order valence-electron chi connectivity index (χ4n) is 5.08. The van der Waals surface area contributed by atoms with Crippen LogP contribution in [0.3, 0.4) is 0 Å². The van der Waals surface area contributed by atoms with Crippen LogP contribution in [0.2, 0.25) is 5.02 Å². The van der Waals surface area contributed by atoms with Crippen molar-refractivity contribution in [2.45, 2.75) is 58.4 Å². The number of anilines is 1. The molecule has 1 saturated heterocycles. The van der Waals surface area contributed by atoms with Gasteiger partial charge < -0.3 is 4.90 Å². The number of carbonyl (C=O) groups is 2. The minimum atomic E-state index is -0.837. The molecule has 0 N–H and O–H groups in total. The molecule has 24 heavy (non-hydrogen) atoms. The lowest BCUT2D eigenvalue weighted by Crippen LogP contribution is -2.64. The molecule has 1 aliphatic carbocycles. The maximum absolute atomic E-state index is 13.3. The number of benzene rings is 1. The third-order valence-electron chi connectivity index (χ3n) is 6.17. The van der Waals surface area contributed by atoms with E-state index in [9.17, 15) is 9.59 Å². The van der Waals surface area contributed by atoms with E-state index < -0.39 is 5.41 Å². The molecule has 4 heteroatoms. The summed E-state index contributed by atoms with van der Waals surface area (Å²) >= 11 is 6.22. The number of piperidine rings is 1. The van der Waals surface area contributed by atoms with Crippen LogP contribution in [0.5, 0.6) is 0 Å². The summed E-state index contributed by atoms with van der Waals surface area (Å²) < 4.78 is 0. The van der Waals surface area contributed by atoms with Crippen molar-refractivity contribution in [3.05, 3.63) is 28.8 Å². The highest BCUT2D eigenvalue weighted by Gasteiger charge is 2.59. The fraction of sp³-hybridized carbons (Fsp3) is 0.600. The zero-order chi connectivity index (χ0) is 17.1. The molecule has 1 spiro atoms. The van der Waals surface area contributed by atoms with E-state index in [0.29, 0.717) is 19.3 Å². The first-order valence-corrected chi connectivity index (χ1v) is 9.33. The van der Waals surface area contributed by atoms with Crippen molar-refractivity contribution in [2.24, 2.45) is 10.8 Å². The predicted molar refractivity (Wildman–Crippen MR) is 95.6 cm³/mol. The Bertz CT molecular complexity index is 704. The summed E-state index contributed by atoms with van der Waals surface area (Å²) in [4.78, 5) is 28.8. The van der Waals surface area contributed by atoms with Crippen LogP contribution in [0, 0.1) is 10.8 Å². The molecule has 4 rings (SSSR count). The number of hydrogen-bond donors (Lipinski definition) is 0. The minimum Gasteiger partial charge on any atom is -0.367 e. The van der Waals surface area contributed by atoms with Gasteiger partial charge >= 0.3 is 0 Å². The smallest absolute Gasteiger partial charge is 0.149 e. The second-order valence-electron chi connectivity index (χ2n) is 8.49. The number of rotatable bonds is 0. The molecule has 0 bridgehead atoms. The molecule has 2 aliphatic heterocycles. The van der Waals surface area contributed by atoms with Gasteiger partial charge in [-0.05, 0) is 48.8 Å². The van der Waals surface area contributed by atoms with Crippen LogP contribution in [0.4, 0.5) is 5.69 Å². The Morgan fingerprint density at radius 1 is 1.08 bits per heavy atom. The van der Waals surface area contributed by atoms with Crippen molar-refractivity contribution in [2.75, 3.05) is 11.4 Å². The molecular formula is C20H24ClNO2. The maximum Gasteiger partial charge on any atom is 0.149 e. The number of fused-ring (bicyclic) bond motifs is 4. The highest BCUT2D eigenvalue weighted by atomic mass is 35.5. The standard InChI is InChI=1S/C20H24ClNO2/c1-19(2)11-17(23)20(18(24)12-19)10-13-6-7-14(21)9-15(13)22-8-4-3-5-16(20)22/h6-7,9,16H,3-5,8,10-12H2,1-2H3/t16-/m1/s1. The Labute approximate surface area is 148 Å². The van der Waals surface area contributed by atoms with E-state index >= 15 is 0 Å². The third-order valence-corrected chi connectivity index (χ3v) is 6.41. The Morgan fingerprint density at radius 2 is 1.79 bits per heavy atom. The van der Waals surface area contributed by atoms with Gasteiger partial charge in [-0.25, -0.2) is 0 Å². The average Bonchev–Trinajstić information content (AvgIpc) is 2.52. The van der Waals surface area contributed by atoms with Gasteiger partial charge in [0.2, 0.25) is 0 Å². The SMILES string of the molecule is CC1(C)CC(=O)C2(Cc3ccc(Cl)cc3N3CCCC[C@@H]32)C(=O)C1. The van der Waals surface area contributed by atoms with Gasteiger partial charge in [0.05, 0.1) is 0 Å². The summed E-state index contributed by atoms with van der Waals surface area (Å²) in [5.41, 5.74) is 1.18. The summed E-state index contributed by atoms with van der Waals surface area (Å²) in [6, 6.07) is 5.89. The van der Waals surface area contributed by atoms with Gasteiger partial charge in [-0.1, -0.05) is 31.5 Å². The van der Waals surface area contributed by atoms with E-state index in [4.69, 9.17) is 11.6 Å². The van der Waals surface area contributed by atoms with Crippen LogP contribution in [-0.2, 0) is 16.0 Å². The summed E-state index contributed by atoms with van der Waals surface area (Å²) in [5.74, 6) is 0.308. The number of nitrogens with zero attached hydrogens (tertiary/aromatic N) is 1. The summed E-state index contributed by atoms with van der Waals surface area (Å²) in [6.45, 7) is 4.97. The summed E-state index contributed by atoms with van der Waals surface area (Å²) in [6.07, 6.45) is 4.67. The van der Waals surface area contributed by atoms with Crippen molar-refractivity contribution < 1.29 is 9.59 Å². The molecular weight excluding hydrogens is 322 g/mol. The van der Waals surface area contributed by atoms with Gasteiger partial charge in [-0.3, -0.25) is 9.59 Å². The van der Waals surface area contributed by atoms with E-state index in [-0.39, 0.29) is 23.0 Å². The molecule has 3 nitrogen and oxygen atoms in total. The van der Waals surface area contributed by atoms with Crippen LogP contribution >= 0.6 is 11.6 Å². The van der Waals surface area contributed by atoms with Gasteiger partial charge in [0.1, 0.15) is 17.0 Å². The molecule has 2 fully saturated rings. The van der Waals surface area contributed by atoms with Crippen LogP contribution in [0.25, 0.3) is 0 Å². The van der Waals surface area contributed by atoms with Gasteiger partial charge in [-0.15, -0.1) is 0 Å². The molecule has 1 saturated carbocycles.